The number of nitrogens with zero attached hydrogens (tertiary/aromatic N) is 2. The first-order valence-corrected chi connectivity index (χ1v) is 11.8. The van der Waals surface area contributed by atoms with Crippen molar-refractivity contribution >= 4 is 23.6 Å². The molecule has 0 fully saturated rings. The average molecular weight is 521 g/mol. The summed E-state index contributed by atoms with van der Waals surface area (Å²) in [6, 6.07) is 0. The lowest BCUT2D eigenvalue weighted by atomic mass is 10.3. The highest BCUT2D eigenvalue weighted by atomic mass is 16.5. The summed E-state index contributed by atoms with van der Waals surface area (Å²) in [6.45, 7) is 5.21. The minimum Gasteiger partial charge on any atom is -0.375 e. The molecular weight excluding hydrogens is 476 g/mol. The Morgan fingerprint density at radius 3 is 0.861 bits per heavy atom. The summed E-state index contributed by atoms with van der Waals surface area (Å²) in [7, 11) is 5.83. The molecule has 0 saturated heterocycles. The van der Waals surface area contributed by atoms with Gasteiger partial charge < -0.3 is 40.2 Å². The van der Waals surface area contributed by atoms with E-state index in [-0.39, 0.29) is 50.1 Å². The molecule has 0 bridgehead atoms. The van der Waals surface area contributed by atoms with E-state index in [1.165, 1.54) is 28.4 Å². The Kier molecular flexibility index (Phi) is 21.6. The predicted octanol–water partition coefficient (Wildman–Crippen LogP) is -3.36. The SMILES string of the molecule is COCC(=O)NCCN(CCNC(=O)COC)CCN(CCNC(=O)COC)CCNC(=O)COC. The Bertz CT molecular complexity index is 525. The van der Waals surface area contributed by atoms with Crippen LogP contribution in [0.1, 0.15) is 0 Å². The van der Waals surface area contributed by atoms with Gasteiger partial charge in [0.05, 0.1) is 0 Å². The van der Waals surface area contributed by atoms with Crippen molar-refractivity contribution in [2.24, 2.45) is 0 Å². The number of hydrogen-bond donors (Lipinski definition) is 4. The third-order valence-electron chi connectivity index (χ3n) is 4.83. The third-order valence-corrected chi connectivity index (χ3v) is 4.83. The monoisotopic (exact) mass is 520 g/mol. The minimum atomic E-state index is -0.203. The molecule has 0 heterocycles. The largest absolute Gasteiger partial charge is 0.375 e. The van der Waals surface area contributed by atoms with Crippen molar-refractivity contribution < 1.29 is 38.1 Å². The van der Waals surface area contributed by atoms with Gasteiger partial charge >= 0.3 is 0 Å². The van der Waals surface area contributed by atoms with Crippen molar-refractivity contribution in [2.45, 2.75) is 0 Å². The van der Waals surface area contributed by atoms with Crippen molar-refractivity contribution in [1.29, 1.82) is 0 Å². The molecule has 0 unspecified atom stereocenters. The molecule has 0 aliphatic rings. The zero-order valence-electron chi connectivity index (χ0n) is 22.1. The van der Waals surface area contributed by atoms with Crippen molar-refractivity contribution in [3.8, 4) is 0 Å². The van der Waals surface area contributed by atoms with Crippen LogP contribution in [0.5, 0.6) is 0 Å². The zero-order valence-corrected chi connectivity index (χ0v) is 22.1. The maximum absolute atomic E-state index is 11.7. The Morgan fingerprint density at radius 2 is 0.667 bits per heavy atom. The van der Waals surface area contributed by atoms with Gasteiger partial charge in [-0.05, 0) is 0 Å². The van der Waals surface area contributed by atoms with Gasteiger partial charge in [-0.15, -0.1) is 0 Å². The molecule has 0 saturated carbocycles. The van der Waals surface area contributed by atoms with Crippen LogP contribution in [0.3, 0.4) is 0 Å². The van der Waals surface area contributed by atoms with Gasteiger partial charge in [-0.1, -0.05) is 0 Å². The van der Waals surface area contributed by atoms with E-state index in [4.69, 9.17) is 18.9 Å². The van der Waals surface area contributed by atoms with Crippen LogP contribution in [0.4, 0.5) is 0 Å². The second-order valence-corrected chi connectivity index (χ2v) is 7.82. The second-order valence-electron chi connectivity index (χ2n) is 7.82. The number of rotatable bonds is 23. The van der Waals surface area contributed by atoms with Gasteiger partial charge in [0.25, 0.3) is 0 Å². The highest BCUT2D eigenvalue weighted by molar-refractivity contribution is 5.78. The van der Waals surface area contributed by atoms with Crippen LogP contribution in [-0.2, 0) is 38.1 Å². The molecule has 0 aliphatic heterocycles. The molecule has 0 aliphatic carbocycles. The molecule has 4 amide bonds. The van der Waals surface area contributed by atoms with Crippen molar-refractivity contribution in [3.05, 3.63) is 0 Å². The molecule has 210 valence electrons. The maximum Gasteiger partial charge on any atom is 0.246 e. The van der Waals surface area contributed by atoms with Crippen molar-refractivity contribution in [1.82, 2.24) is 31.1 Å². The lowest BCUT2D eigenvalue weighted by Gasteiger charge is -2.28. The topological polar surface area (TPSA) is 160 Å². The van der Waals surface area contributed by atoms with Gasteiger partial charge in [0.15, 0.2) is 0 Å². The number of methoxy groups -OCH3 is 4. The standard InChI is InChI=1S/C22H44N6O8/c1-33-15-19(29)23-5-9-27(10-6-24-20(30)16-34-2)13-14-28(11-7-25-21(31)17-35-3)12-8-26-22(32)18-36-4/h5-18H2,1-4H3,(H,23,29)(H,24,30)(H,25,31)(H,26,32). The average Bonchev–Trinajstić information content (AvgIpc) is 2.82. The lowest BCUT2D eigenvalue weighted by Crippen LogP contribution is -2.46. The summed E-state index contributed by atoms with van der Waals surface area (Å²) >= 11 is 0. The Labute approximate surface area is 213 Å². The molecule has 0 aromatic rings. The van der Waals surface area contributed by atoms with Crippen LogP contribution in [0.15, 0.2) is 0 Å². The number of carbonyl (C=O) groups excluding carboxylic acids is 4. The molecule has 0 aromatic heterocycles. The van der Waals surface area contributed by atoms with E-state index in [1.54, 1.807) is 0 Å². The summed E-state index contributed by atoms with van der Waals surface area (Å²) in [5.74, 6) is -0.811. The number of ether oxygens (including phenoxy) is 4. The Balaban J connectivity index is 4.88. The number of hydrogen-bond acceptors (Lipinski definition) is 10. The quantitative estimate of drug-likeness (QED) is 0.107. The molecule has 0 radical (unpaired) electrons. The van der Waals surface area contributed by atoms with Crippen LogP contribution in [-0.4, -0.2) is 154 Å². The predicted molar refractivity (Wildman–Crippen MR) is 132 cm³/mol. The summed E-state index contributed by atoms with van der Waals surface area (Å²) in [5, 5.41) is 11.2. The van der Waals surface area contributed by atoms with E-state index in [1.807, 2.05) is 0 Å². The maximum atomic E-state index is 11.7. The van der Waals surface area contributed by atoms with Gasteiger partial charge in [-0.25, -0.2) is 0 Å². The molecule has 36 heavy (non-hydrogen) atoms. The smallest absolute Gasteiger partial charge is 0.246 e. The van der Waals surface area contributed by atoms with E-state index in [2.05, 4.69) is 31.1 Å². The highest BCUT2D eigenvalue weighted by Gasteiger charge is 2.12. The fourth-order valence-electron chi connectivity index (χ4n) is 3.10. The number of carbonyl (C=O) groups is 4. The minimum absolute atomic E-state index is 0.00949. The Morgan fingerprint density at radius 1 is 0.444 bits per heavy atom. The summed E-state index contributed by atoms with van der Waals surface area (Å²) in [5.41, 5.74) is 0. The number of amides is 4. The molecule has 0 spiro atoms. The van der Waals surface area contributed by atoms with E-state index >= 15 is 0 Å². The number of nitrogens with one attached hydrogen (secondary N) is 4. The van der Waals surface area contributed by atoms with E-state index in [9.17, 15) is 19.2 Å². The van der Waals surface area contributed by atoms with Gasteiger partial charge in [0.1, 0.15) is 26.4 Å². The first-order chi connectivity index (χ1) is 17.4. The van der Waals surface area contributed by atoms with Gasteiger partial charge in [-0.2, -0.15) is 0 Å². The summed E-state index contributed by atoms with van der Waals surface area (Å²) in [6.07, 6.45) is 0. The van der Waals surface area contributed by atoms with E-state index in [0.717, 1.165) is 0 Å². The van der Waals surface area contributed by atoms with E-state index < -0.39 is 0 Å². The summed E-state index contributed by atoms with van der Waals surface area (Å²) in [4.78, 5) is 51.0. The Hall–Kier alpha value is -2.36. The van der Waals surface area contributed by atoms with Crippen molar-refractivity contribution in [2.75, 3.05) is 120 Å². The second kappa shape index (κ2) is 23.1. The lowest BCUT2D eigenvalue weighted by molar-refractivity contribution is -0.125. The van der Waals surface area contributed by atoms with Crippen LogP contribution in [0.25, 0.3) is 0 Å². The molecule has 0 atom stereocenters. The molecule has 0 rings (SSSR count). The zero-order chi connectivity index (χ0) is 27.0. The normalized spacial score (nSPS) is 10.9. The van der Waals surface area contributed by atoms with Gasteiger partial charge in [0, 0.05) is 93.9 Å². The van der Waals surface area contributed by atoms with Gasteiger partial charge in [-0.3, -0.25) is 29.0 Å². The molecule has 14 heteroatoms. The van der Waals surface area contributed by atoms with E-state index in [0.29, 0.717) is 65.4 Å². The van der Waals surface area contributed by atoms with Crippen LogP contribution in [0, 0.1) is 0 Å². The molecule has 0 aromatic carbocycles. The molecule has 4 N–H and O–H groups in total. The van der Waals surface area contributed by atoms with Crippen LogP contribution in [0.2, 0.25) is 0 Å². The summed E-state index contributed by atoms with van der Waals surface area (Å²) < 4.78 is 19.3. The molecule has 14 nitrogen and oxygen atoms in total. The van der Waals surface area contributed by atoms with Crippen LogP contribution < -0.4 is 21.3 Å². The third kappa shape index (κ3) is 19.9. The first kappa shape index (κ1) is 33.6. The molecular formula is C22H44N6O8. The first-order valence-electron chi connectivity index (χ1n) is 11.8. The fourth-order valence-corrected chi connectivity index (χ4v) is 3.10. The van der Waals surface area contributed by atoms with Crippen molar-refractivity contribution in [3.63, 3.8) is 0 Å². The fraction of sp³-hybridized carbons (Fsp3) is 0.818. The van der Waals surface area contributed by atoms with Gasteiger partial charge in [0.2, 0.25) is 23.6 Å². The van der Waals surface area contributed by atoms with Crippen LogP contribution >= 0.6 is 0 Å². The highest BCUT2D eigenvalue weighted by Crippen LogP contribution is 1.93.